The van der Waals surface area contributed by atoms with Crippen molar-refractivity contribution in [1.82, 2.24) is 5.32 Å². The zero-order chi connectivity index (χ0) is 15.2. The fourth-order valence-corrected chi connectivity index (χ4v) is 2.48. The molecule has 2 atom stereocenters. The standard InChI is InChI=1S/C18H25NO2/c1-13(12-20-3)11-19-14(2)15-5-6-17-10-18(21-4)8-7-16(17)9-15/h5-10,13-14,19H,11-12H2,1-4H3. The molecule has 0 radical (unpaired) electrons. The van der Waals surface area contributed by atoms with E-state index in [2.05, 4.69) is 49.5 Å². The average molecular weight is 287 g/mol. The minimum atomic E-state index is 0.329. The molecule has 1 N–H and O–H groups in total. The number of hydrogen-bond acceptors (Lipinski definition) is 3. The molecule has 3 heteroatoms. The molecule has 0 saturated carbocycles. The second-order valence-corrected chi connectivity index (χ2v) is 5.66. The Kier molecular flexibility index (Phi) is 5.59. The maximum Gasteiger partial charge on any atom is 0.119 e. The van der Waals surface area contributed by atoms with E-state index in [0.717, 1.165) is 18.9 Å². The lowest BCUT2D eigenvalue weighted by atomic mass is 10.0. The van der Waals surface area contributed by atoms with Crippen molar-refractivity contribution in [3.63, 3.8) is 0 Å². The van der Waals surface area contributed by atoms with Crippen LogP contribution in [0.25, 0.3) is 10.8 Å². The number of ether oxygens (including phenoxy) is 2. The summed E-state index contributed by atoms with van der Waals surface area (Å²) in [4.78, 5) is 0. The van der Waals surface area contributed by atoms with Gasteiger partial charge < -0.3 is 14.8 Å². The highest BCUT2D eigenvalue weighted by atomic mass is 16.5. The van der Waals surface area contributed by atoms with Crippen molar-refractivity contribution in [2.24, 2.45) is 5.92 Å². The number of hydrogen-bond donors (Lipinski definition) is 1. The first-order chi connectivity index (χ1) is 10.1. The summed E-state index contributed by atoms with van der Waals surface area (Å²) in [5, 5.41) is 6.02. The first-order valence-electron chi connectivity index (χ1n) is 7.44. The second-order valence-electron chi connectivity index (χ2n) is 5.66. The second kappa shape index (κ2) is 7.43. The van der Waals surface area contributed by atoms with E-state index >= 15 is 0 Å². The molecular formula is C18H25NO2. The Morgan fingerprint density at radius 3 is 2.43 bits per heavy atom. The number of methoxy groups -OCH3 is 2. The maximum atomic E-state index is 5.26. The molecule has 0 amide bonds. The minimum absolute atomic E-state index is 0.329. The maximum absolute atomic E-state index is 5.26. The molecule has 21 heavy (non-hydrogen) atoms. The molecule has 0 fully saturated rings. The molecule has 0 bridgehead atoms. The van der Waals surface area contributed by atoms with Crippen molar-refractivity contribution >= 4 is 10.8 Å². The quantitative estimate of drug-likeness (QED) is 0.840. The highest BCUT2D eigenvalue weighted by Crippen LogP contribution is 2.24. The predicted octanol–water partition coefficient (Wildman–Crippen LogP) is 3.78. The molecule has 0 heterocycles. The van der Waals surface area contributed by atoms with Crippen LogP contribution in [0.5, 0.6) is 5.75 Å². The summed E-state index contributed by atoms with van der Waals surface area (Å²) < 4.78 is 10.4. The highest BCUT2D eigenvalue weighted by molar-refractivity contribution is 5.84. The molecule has 0 aromatic heterocycles. The Bertz CT molecular complexity index is 582. The Balaban J connectivity index is 2.07. The van der Waals surface area contributed by atoms with Crippen molar-refractivity contribution in [2.75, 3.05) is 27.4 Å². The van der Waals surface area contributed by atoms with Gasteiger partial charge in [-0.1, -0.05) is 25.1 Å². The lowest BCUT2D eigenvalue weighted by Gasteiger charge is -2.18. The number of rotatable bonds is 7. The van der Waals surface area contributed by atoms with Crippen LogP contribution in [0.3, 0.4) is 0 Å². The Morgan fingerprint density at radius 1 is 1.00 bits per heavy atom. The molecule has 0 aliphatic heterocycles. The summed E-state index contributed by atoms with van der Waals surface area (Å²) >= 11 is 0. The van der Waals surface area contributed by atoms with Crippen molar-refractivity contribution in [1.29, 1.82) is 0 Å². The number of benzene rings is 2. The summed E-state index contributed by atoms with van der Waals surface area (Å²) in [6.45, 7) is 6.13. The molecular weight excluding hydrogens is 262 g/mol. The van der Waals surface area contributed by atoms with Crippen LogP contribution in [0.1, 0.15) is 25.5 Å². The first kappa shape index (κ1) is 15.8. The molecule has 2 rings (SSSR count). The number of nitrogens with one attached hydrogen (secondary N) is 1. The molecule has 0 aliphatic carbocycles. The molecule has 0 aliphatic rings. The van der Waals surface area contributed by atoms with Gasteiger partial charge in [0, 0.05) is 26.3 Å². The van der Waals surface area contributed by atoms with Crippen molar-refractivity contribution in [3.8, 4) is 5.75 Å². The molecule has 3 nitrogen and oxygen atoms in total. The van der Waals surface area contributed by atoms with Gasteiger partial charge in [-0.2, -0.15) is 0 Å². The van der Waals surface area contributed by atoms with Crippen LogP contribution in [-0.4, -0.2) is 27.4 Å². The third-order valence-corrected chi connectivity index (χ3v) is 3.80. The third-order valence-electron chi connectivity index (χ3n) is 3.80. The largest absolute Gasteiger partial charge is 0.497 e. The summed E-state index contributed by atoms with van der Waals surface area (Å²) in [5.74, 6) is 1.41. The molecule has 0 saturated heterocycles. The van der Waals surface area contributed by atoms with Gasteiger partial charge in [0.15, 0.2) is 0 Å². The minimum Gasteiger partial charge on any atom is -0.497 e. The van der Waals surface area contributed by atoms with E-state index in [1.807, 2.05) is 6.07 Å². The Morgan fingerprint density at radius 2 is 1.71 bits per heavy atom. The number of fused-ring (bicyclic) bond motifs is 1. The average Bonchev–Trinajstić information content (AvgIpc) is 2.51. The predicted molar refractivity (Wildman–Crippen MR) is 88.0 cm³/mol. The fraction of sp³-hybridized carbons (Fsp3) is 0.444. The zero-order valence-electron chi connectivity index (χ0n) is 13.3. The van der Waals surface area contributed by atoms with Gasteiger partial charge >= 0.3 is 0 Å². The van der Waals surface area contributed by atoms with Crippen LogP contribution in [0.15, 0.2) is 36.4 Å². The van der Waals surface area contributed by atoms with Crippen molar-refractivity contribution < 1.29 is 9.47 Å². The molecule has 114 valence electrons. The fourth-order valence-electron chi connectivity index (χ4n) is 2.48. The smallest absolute Gasteiger partial charge is 0.119 e. The van der Waals surface area contributed by atoms with E-state index in [1.54, 1.807) is 14.2 Å². The van der Waals surface area contributed by atoms with Gasteiger partial charge in [-0.25, -0.2) is 0 Å². The van der Waals surface area contributed by atoms with Crippen LogP contribution in [0.4, 0.5) is 0 Å². The lowest BCUT2D eigenvalue weighted by molar-refractivity contribution is 0.157. The first-order valence-corrected chi connectivity index (χ1v) is 7.44. The van der Waals surface area contributed by atoms with Crippen molar-refractivity contribution in [3.05, 3.63) is 42.0 Å². The van der Waals surface area contributed by atoms with Crippen LogP contribution in [0.2, 0.25) is 0 Å². The molecule has 2 aromatic rings. The van der Waals surface area contributed by atoms with E-state index < -0.39 is 0 Å². The molecule has 2 unspecified atom stereocenters. The summed E-state index contributed by atoms with van der Waals surface area (Å²) in [6.07, 6.45) is 0. The van der Waals surface area contributed by atoms with Gasteiger partial charge in [-0.3, -0.25) is 0 Å². The van der Waals surface area contributed by atoms with Crippen molar-refractivity contribution in [2.45, 2.75) is 19.9 Å². The van der Waals surface area contributed by atoms with E-state index in [0.29, 0.717) is 12.0 Å². The van der Waals surface area contributed by atoms with Gasteiger partial charge in [-0.05, 0) is 47.4 Å². The lowest BCUT2D eigenvalue weighted by Crippen LogP contribution is -2.26. The summed E-state index contributed by atoms with van der Waals surface area (Å²) in [5.41, 5.74) is 1.30. The summed E-state index contributed by atoms with van der Waals surface area (Å²) in [7, 11) is 3.44. The third kappa shape index (κ3) is 4.19. The van der Waals surface area contributed by atoms with Crippen LogP contribution >= 0.6 is 0 Å². The molecule has 0 spiro atoms. The molecule has 2 aromatic carbocycles. The summed E-state index contributed by atoms with van der Waals surface area (Å²) in [6, 6.07) is 13.1. The SMILES string of the molecule is COCC(C)CNC(C)c1ccc2cc(OC)ccc2c1. The van der Waals surface area contributed by atoms with E-state index in [9.17, 15) is 0 Å². The normalized spacial score (nSPS) is 14.1. The van der Waals surface area contributed by atoms with E-state index in [4.69, 9.17) is 9.47 Å². The van der Waals surface area contributed by atoms with Gasteiger partial charge in [0.2, 0.25) is 0 Å². The zero-order valence-corrected chi connectivity index (χ0v) is 13.3. The highest BCUT2D eigenvalue weighted by Gasteiger charge is 2.08. The van der Waals surface area contributed by atoms with Crippen LogP contribution in [-0.2, 0) is 4.74 Å². The topological polar surface area (TPSA) is 30.5 Å². The Hall–Kier alpha value is -1.58. The van der Waals surface area contributed by atoms with Gasteiger partial charge in [0.25, 0.3) is 0 Å². The van der Waals surface area contributed by atoms with Gasteiger partial charge in [0.1, 0.15) is 5.75 Å². The monoisotopic (exact) mass is 287 g/mol. The van der Waals surface area contributed by atoms with Crippen LogP contribution in [0, 0.1) is 5.92 Å². The van der Waals surface area contributed by atoms with E-state index in [-0.39, 0.29) is 0 Å². The van der Waals surface area contributed by atoms with Crippen LogP contribution < -0.4 is 10.1 Å². The van der Waals surface area contributed by atoms with Gasteiger partial charge in [0.05, 0.1) is 7.11 Å². The van der Waals surface area contributed by atoms with Gasteiger partial charge in [-0.15, -0.1) is 0 Å². The Labute approximate surface area is 127 Å². The van der Waals surface area contributed by atoms with E-state index in [1.165, 1.54) is 16.3 Å².